The van der Waals surface area contributed by atoms with Crippen LogP contribution in [0.1, 0.15) is 25.0 Å². The number of aromatic amines is 1. The molecule has 0 spiro atoms. The van der Waals surface area contributed by atoms with Crippen LogP contribution in [0.3, 0.4) is 0 Å². The molecule has 0 radical (unpaired) electrons. The first kappa shape index (κ1) is 16.5. The highest BCUT2D eigenvalue weighted by Gasteiger charge is 2.31. The molecule has 24 heavy (non-hydrogen) atoms. The fraction of sp³-hybridized carbons (Fsp3) is 0.444. The van der Waals surface area contributed by atoms with Crippen molar-refractivity contribution in [2.24, 2.45) is 0 Å². The number of hydrogen-bond acceptors (Lipinski definition) is 3. The fourth-order valence-corrected chi connectivity index (χ4v) is 2.83. The summed E-state index contributed by atoms with van der Waals surface area (Å²) in [6.07, 6.45) is 2.18. The lowest BCUT2D eigenvalue weighted by Crippen LogP contribution is -2.58. The second kappa shape index (κ2) is 7.05. The first-order valence-electron chi connectivity index (χ1n) is 8.31. The lowest BCUT2D eigenvalue weighted by Gasteiger charge is -2.39. The Kier molecular flexibility index (Phi) is 4.85. The first-order valence-corrected chi connectivity index (χ1v) is 8.31. The minimum Gasteiger partial charge on any atom is -0.372 e. The number of nitrogens with one attached hydrogen (secondary N) is 2. The Hall–Kier alpha value is -2.34. The lowest BCUT2D eigenvalue weighted by molar-refractivity contribution is -0.0641. The SMILES string of the molecule is Cc1cc(-c2cc[nH]n2)ccc1CNC(=O)N1CC(OC(C)C)C1. The summed E-state index contributed by atoms with van der Waals surface area (Å²) in [5.41, 5.74) is 4.24. The fourth-order valence-electron chi connectivity index (χ4n) is 2.83. The monoisotopic (exact) mass is 328 g/mol. The standard InChI is InChI=1S/C18H24N4O2/c1-12(2)24-16-10-22(11-16)18(23)19-9-15-5-4-14(8-13(15)3)17-6-7-20-21-17/h4-8,12,16H,9-11H2,1-3H3,(H,19,23)(H,20,21). The number of nitrogens with zero attached hydrogens (tertiary/aromatic N) is 2. The van der Waals surface area contributed by atoms with E-state index in [9.17, 15) is 4.79 Å². The van der Waals surface area contributed by atoms with Gasteiger partial charge in [0.25, 0.3) is 0 Å². The molecule has 3 rings (SSSR count). The second-order valence-electron chi connectivity index (χ2n) is 6.47. The number of aryl methyl sites for hydroxylation is 1. The summed E-state index contributed by atoms with van der Waals surface area (Å²) in [5.74, 6) is 0. The maximum Gasteiger partial charge on any atom is 0.317 e. The second-order valence-corrected chi connectivity index (χ2v) is 6.47. The zero-order chi connectivity index (χ0) is 17.1. The molecule has 2 heterocycles. The molecule has 2 aromatic rings. The van der Waals surface area contributed by atoms with E-state index in [1.165, 1.54) is 0 Å². The summed E-state index contributed by atoms with van der Waals surface area (Å²) < 4.78 is 5.67. The molecule has 1 aliphatic rings. The topological polar surface area (TPSA) is 70.2 Å². The third-order valence-corrected chi connectivity index (χ3v) is 4.17. The number of likely N-dealkylation sites (tertiary alicyclic amines) is 1. The van der Waals surface area contributed by atoms with Gasteiger partial charge >= 0.3 is 6.03 Å². The summed E-state index contributed by atoms with van der Waals surface area (Å²) in [4.78, 5) is 13.9. The first-order chi connectivity index (χ1) is 11.5. The molecular formula is C18H24N4O2. The largest absolute Gasteiger partial charge is 0.372 e. The summed E-state index contributed by atoms with van der Waals surface area (Å²) >= 11 is 0. The van der Waals surface area contributed by atoms with Gasteiger partial charge in [-0.1, -0.05) is 12.1 Å². The minimum atomic E-state index is -0.0330. The van der Waals surface area contributed by atoms with Crippen molar-refractivity contribution in [2.45, 2.75) is 39.5 Å². The Morgan fingerprint density at radius 2 is 2.21 bits per heavy atom. The van der Waals surface area contributed by atoms with Crippen molar-refractivity contribution in [3.63, 3.8) is 0 Å². The van der Waals surface area contributed by atoms with Crippen molar-refractivity contribution in [3.05, 3.63) is 41.6 Å². The Morgan fingerprint density at radius 3 is 2.83 bits per heavy atom. The van der Waals surface area contributed by atoms with Gasteiger partial charge in [-0.2, -0.15) is 5.10 Å². The Labute approximate surface area is 142 Å². The number of aromatic nitrogens is 2. The van der Waals surface area contributed by atoms with Crippen molar-refractivity contribution < 1.29 is 9.53 Å². The molecule has 0 aliphatic carbocycles. The quantitative estimate of drug-likeness (QED) is 0.886. The molecule has 2 N–H and O–H groups in total. The zero-order valence-electron chi connectivity index (χ0n) is 14.4. The van der Waals surface area contributed by atoms with Crippen molar-refractivity contribution in [3.8, 4) is 11.3 Å². The normalized spacial score (nSPS) is 14.8. The van der Waals surface area contributed by atoms with Crippen LogP contribution in [0.15, 0.2) is 30.5 Å². The number of ether oxygens (including phenoxy) is 1. The zero-order valence-corrected chi connectivity index (χ0v) is 14.4. The van der Waals surface area contributed by atoms with Gasteiger partial charge in [0, 0.05) is 18.3 Å². The van der Waals surface area contributed by atoms with E-state index in [1.807, 2.05) is 45.2 Å². The van der Waals surface area contributed by atoms with Crippen molar-refractivity contribution in [1.29, 1.82) is 0 Å². The van der Waals surface area contributed by atoms with Crippen LogP contribution in [0, 0.1) is 6.92 Å². The Morgan fingerprint density at radius 1 is 1.42 bits per heavy atom. The molecule has 0 atom stereocenters. The molecular weight excluding hydrogens is 304 g/mol. The molecule has 1 aromatic heterocycles. The molecule has 1 saturated heterocycles. The van der Waals surface area contributed by atoms with E-state index in [1.54, 1.807) is 4.90 Å². The molecule has 128 valence electrons. The van der Waals surface area contributed by atoms with Crippen molar-refractivity contribution in [2.75, 3.05) is 13.1 Å². The molecule has 0 saturated carbocycles. The van der Waals surface area contributed by atoms with Gasteiger partial charge in [0.15, 0.2) is 0 Å². The number of carbonyl (C=O) groups is 1. The predicted molar refractivity (Wildman–Crippen MR) is 92.6 cm³/mol. The van der Waals surface area contributed by atoms with E-state index >= 15 is 0 Å². The number of carbonyl (C=O) groups excluding carboxylic acids is 1. The van der Waals surface area contributed by atoms with Crippen LogP contribution in [0.5, 0.6) is 0 Å². The van der Waals surface area contributed by atoms with E-state index in [-0.39, 0.29) is 18.2 Å². The maximum absolute atomic E-state index is 12.1. The van der Waals surface area contributed by atoms with E-state index in [0.717, 1.165) is 22.4 Å². The number of amides is 2. The van der Waals surface area contributed by atoms with Crippen LogP contribution < -0.4 is 5.32 Å². The van der Waals surface area contributed by atoms with Crippen molar-refractivity contribution in [1.82, 2.24) is 20.4 Å². The summed E-state index contributed by atoms with van der Waals surface area (Å²) in [6.45, 7) is 7.93. The van der Waals surface area contributed by atoms with E-state index in [4.69, 9.17) is 4.74 Å². The molecule has 0 unspecified atom stereocenters. The van der Waals surface area contributed by atoms with Gasteiger partial charge in [-0.3, -0.25) is 5.10 Å². The van der Waals surface area contributed by atoms with Gasteiger partial charge < -0.3 is 15.0 Å². The summed E-state index contributed by atoms with van der Waals surface area (Å²) in [5, 5.41) is 9.99. The molecule has 2 amide bonds. The van der Waals surface area contributed by atoms with E-state index < -0.39 is 0 Å². The van der Waals surface area contributed by atoms with Gasteiger partial charge in [0.1, 0.15) is 0 Å². The van der Waals surface area contributed by atoms with Crippen LogP contribution in [-0.4, -0.2) is 46.4 Å². The number of urea groups is 1. The van der Waals surface area contributed by atoms with Gasteiger partial charge in [-0.15, -0.1) is 0 Å². The summed E-state index contributed by atoms with van der Waals surface area (Å²) in [7, 11) is 0. The minimum absolute atomic E-state index is 0.0330. The predicted octanol–water partition coefficient (Wildman–Crippen LogP) is 2.70. The van der Waals surface area contributed by atoms with Crippen LogP contribution in [-0.2, 0) is 11.3 Å². The summed E-state index contributed by atoms with van der Waals surface area (Å²) in [6, 6.07) is 8.07. The smallest absolute Gasteiger partial charge is 0.317 e. The highest BCUT2D eigenvalue weighted by molar-refractivity contribution is 5.75. The van der Waals surface area contributed by atoms with Crippen LogP contribution in [0.25, 0.3) is 11.3 Å². The van der Waals surface area contributed by atoms with Crippen LogP contribution in [0.2, 0.25) is 0 Å². The van der Waals surface area contributed by atoms with Gasteiger partial charge in [0.05, 0.1) is 31.0 Å². The molecule has 6 nitrogen and oxygen atoms in total. The maximum atomic E-state index is 12.1. The molecule has 6 heteroatoms. The molecule has 1 fully saturated rings. The highest BCUT2D eigenvalue weighted by Crippen LogP contribution is 2.20. The van der Waals surface area contributed by atoms with Gasteiger partial charge in [0.2, 0.25) is 0 Å². The molecule has 1 aromatic carbocycles. The average molecular weight is 328 g/mol. The number of rotatable bonds is 5. The Bertz CT molecular complexity index is 691. The Balaban J connectivity index is 1.51. The molecule has 0 bridgehead atoms. The van der Waals surface area contributed by atoms with Crippen LogP contribution >= 0.6 is 0 Å². The number of H-pyrrole nitrogens is 1. The highest BCUT2D eigenvalue weighted by atomic mass is 16.5. The number of benzene rings is 1. The van der Waals surface area contributed by atoms with Crippen molar-refractivity contribution >= 4 is 6.03 Å². The lowest BCUT2D eigenvalue weighted by atomic mass is 10.0. The average Bonchev–Trinajstić information content (AvgIpc) is 3.03. The van der Waals surface area contributed by atoms with E-state index in [0.29, 0.717) is 19.6 Å². The van der Waals surface area contributed by atoms with Gasteiger partial charge in [-0.25, -0.2) is 4.79 Å². The number of hydrogen-bond donors (Lipinski definition) is 2. The van der Waals surface area contributed by atoms with Crippen LogP contribution in [0.4, 0.5) is 4.79 Å². The van der Waals surface area contributed by atoms with E-state index in [2.05, 4.69) is 21.6 Å². The third kappa shape index (κ3) is 3.76. The molecule has 1 aliphatic heterocycles. The third-order valence-electron chi connectivity index (χ3n) is 4.17. The van der Waals surface area contributed by atoms with Gasteiger partial charge in [-0.05, 0) is 44.0 Å².